The third-order valence-electron chi connectivity index (χ3n) is 14.2. The topological polar surface area (TPSA) is 119 Å². The van der Waals surface area contributed by atoms with Gasteiger partial charge in [-0.15, -0.1) is 0 Å². The second-order valence-electron chi connectivity index (χ2n) is 16.8. The number of amides is 2. The molecule has 56 heavy (non-hydrogen) atoms. The number of phenolic OH excluding ortho intramolecular Hbond substituents is 3. The molecule has 4 aromatic carbocycles. The van der Waals surface area contributed by atoms with Crippen molar-refractivity contribution in [2.24, 2.45) is 22.7 Å². The number of rotatable bonds is 6. The van der Waals surface area contributed by atoms with Crippen molar-refractivity contribution in [3.05, 3.63) is 123 Å². The van der Waals surface area contributed by atoms with Crippen LogP contribution in [0.3, 0.4) is 0 Å². The molecular formula is C47H54Cl2N2O5. The van der Waals surface area contributed by atoms with Gasteiger partial charge in [-0.25, -0.2) is 0 Å². The van der Waals surface area contributed by atoms with Crippen molar-refractivity contribution in [2.45, 2.75) is 109 Å². The first-order valence-electron chi connectivity index (χ1n) is 20.2. The van der Waals surface area contributed by atoms with Crippen molar-refractivity contribution in [1.82, 2.24) is 10.6 Å². The number of halogens is 2. The van der Waals surface area contributed by atoms with Crippen LogP contribution in [0.25, 0.3) is 0 Å². The molecule has 0 unspecified atom stereocenters. The first-order valence-corrected chi connectivity index (χ1v) is 20.9. The summed E-state index contributed by atoms with van der Waals surface area (Å²) in [7, 11) is 0. The van der Waals surface area contributed by atoms with E-state index in [1.54, 1.807) is 6.07 Å². The molecule has 5 N–H and O–H groups in total. The maximum Gasteiger partial charge on any atom is 0.226 e. The molecule has 8 rings (SSSR count). The van der Waals surface area contributed by atoms with Gasteiger partial charge in [-0.1, -0.05) is 79.5 Å². The van der Waals surface area contributed by atoms with Crippen molar-refractivity contribution >= 4 is 35.0 Å². The van der Waals surface area contributed by atoms with Gasteiger partial charge in [0.25, 0.3) is 0 Å². The van der Waals surface area contributed by atoms with Crippen LogP contribution in [0.1, 0.15) is 118 Å². The second kappa shape index (κ2) is 15.6. The van der Waals surface area contributed by atoms with Crippen molar-refractivity contribution in [3.8, 4) is 17.2 Å². The minimum Gasteiger partial charge on any atom is -0.508 e. The van der Waals surface area contributed by atoms with E-state index < -0.39 is 0 Å². The number of aryl methyl sites for hydroxylation is 1. The van der Waals surface area contributed by atoms with Gasteiger partial charge >= 0.3 is 0 Å². The molecule has 4 fully saturated rings. The van der Waals surface area contributed by atoms with Crippen molar-refractivity contribution in [3.63, 3.8) is 0 Å². The zero-order valence-corrected chi connectivity index (χ0v) is 34.4. The van der Waals surface area contributed by atoms with Crippen molar-refractivity contribution in [2.75, 3.05) is 0 Å². The molecule has 2 saturated heterocycles. The lowest BCUT2D eigenvalue weighted by atomic mass is 9.54. The van der Waals surface area contributed by atoms with Crippen LogP contribution in [0.5, 0.6) is 17.2 Å². The van der Waals surface area contributed by atoms with Crippen LogP contribution < -0.4 is 10.6 Å². The highest BCUT2D eigenvalue weighted by Crippen LogP contribution is 2.62. The Kier molecular flexibility index (Phi) is 11.2. The van der Waals surface area contributed by atoms with E-state index in [1.807, 2.05) is 55.5 Å². The normalized spacial score (nSPS) is 32.1. The van der Waals surface area contributed by atoms with Crippen molar-refractivity contribution in [1.29, 1.82) is 0 Å². The molecule has 0 aromatic heterocycles. The largest absolute Gasteiger partial charge is 0.508 e. The highest BCUT2D eigenvalue weighted by molar-refractivity contribution is 6.30. The minimum atomic E-state index is -0.382. The molecule has 2 saturated carbocycles. The van der Waals surface area contributed by atoms with Crippen LogP contribution >= 0.6 is 23.2 Å². The highest BCUT2D eigenvalue weighted by atomic mass is 35.5. The Morgan fingerprint density at radius 1 is 0.625 bits per heavy atom. The van der Waals surface area contributed by atoms with E-state index >= 15 is 0 Å². The Bertz CT molecular complexity index is 1940. The molecule has 2 heterocycles. The number of aromatic hydroxyl groups is 3. The third-order valence-corrected chi connectivity index (χ3v) is 14.7. The molecule has 0 bridgehead atoms. The molecule has 0 spiro atoms. The summed E-state index contributed by atoms with van der Waals surface area (Å²) in [4.78, 5) is 25.9. The first kappa shape index (κ1) is 40.0. The number of nitrogens with one attached hydrogen (secondary N) is 2. The lowest BCUT2D eigenvalue weighted by Crippen LogP contribution is -2.43. The average Bonchev–Trinajstić information content (AvgIpc) is 3.59. The van der Waals surface area contributed by atoms with Gasteiger partial charge in [0.2, 0.25) is 11.8 Å². The molecule has 2 aliphatic heterocycles. The van der Waals surface area contributed by atoms with Gasteiger partial charge in [-0.2, -0.15) is 0 Å². The monoisotopic (exact) mass is 796 g/mol. The predicted octanol–water partition coefficient (Wildman–Crippen LogP) is 10.5. The maximum atomic E-state index is 13.0. The molecule has 4 aromatic rings. The fourth-order valence-electron chi connectivity index (χ4n) is 11.6. The molecule has 2 aliphatic carbocycles. The number of carbonyl (C=O) groups is 2. The summed E-state index contributed by atoms with van der Waals surface area (Å²) in [6.07, 6.45) is 4.97. The van der Waals surface area contributed by atoms with Crippen LogP contribution in [0.2, 0.25) is 10.0 Å². The van der Waals surface area contributed by atoms with Gasteiger partial charge < -0.3 is 26.0 Å². The van der Waals surface area contributed by atoms with E-state index in [-0.39, 0.29) is 81.7 Å². The van der Waals surface area contributed by atoms with Gasteiger partial charge in [0.15, 0.2) is 0 Å². The Morgan fingerprint density at radius 3 is 1.43 bits per heavy atom. The third kappa shape index (κ3) is 6.83. The van der Waals surface area contributed by atoms with Crippen molar-refractivity contribution < 1.29 is 24.9 Å². The summed E-state index contributed by atoms with van der Waals surface area (Å²) >= 11 is 12.3. The Balaban J connectivity index is 0.000000172. The fourth-order valence-corrected chi connectivity index (χ4v) is 11.9. The number of phenols is 3. The molecule has 7 nitrogen and oxygen atoms in total. The summed E-state index contributed by atoms with van der Waals surface area (Å²) in [5, 5.41) is 38.8. The average molecular weight is 798 g/mol. The number of carbonyl (C=O) groups excluding carboxylic acids is 2. The number of fused-ring (bicyclic) bond motifs is 2. The summed E-state index contributed by atoms with van der Waals surface area (Å²) < 4.78 is 0. The van der Waals surface area contributed by atoms with E-state index in [0.29, 0.717) is 15.8 Å². The number of hydrogen-bond donors (Lipinski definition) is 5. The summed E-state index contributed by atoms with van der Waals surface area (Å²) in [5.74, 6) is 1.61. The maximum absolute atomic E-state index is 13.0. The first-order chi connectivity index (χ1) is 26.7. The van der Waals surface area contributed by atoms with Crippen LogP contribution in [-0.2, 0) is 9.59 Å². The standard InChI is InChI=1S/C24H28ClNO2.C23H26ClNO3/c1-4-24-12-11-19(18-10-5-14(2)13-20(18)27)21(16-6-8-17(25)9-7-16)22(24)15(3)26-23(24)28;1-3-23-11-10-18(17-9-8-16(26)12-19(17)27)20(14-4-6-15(24)7-5-14)21(23)13(2)25-22(23)28/h5-10,13,15,19,21-22,27H,4,11-12H2,1-3H3,(H,26,28);4-9,12-13,18,20-21,26-27H,3,10-11H2,1-2H3,(H,25,28)/t15-,19+,21+,22+,24-;13-,18+,20+,21+,23-/m11/s1. The van der Waals surface area contributed by atoms with Crippen LogP contribution in [-0.4, -0.2) is 39.2 Å². The minimum absolute atomic E-state index is 0.0501. The van der Waals surface area contributed by atoms with E-state index in [4.69, 9.17) is 23.2 Å². The van der Waals surface area contributed by atoms with E-state index in [2.05, 4.69) is 62.6 Å². The lowest BCUT2D eigenvalue weighted by molar-refractivity contribution is -0.132. The van der Waals surface area contributed by atoms with Crippen LogP contribution in [0.15, 0.2) is 84.9 Å². The lowest BCUT2D eigenvalue weighted by Gasteiger charge is -2.47. The molecule has 4 aliphatic rings. The van der Waals surface area contributed by atoms with E-state index in [1.165, 1.54) is 11.6 Å². The van der Waals surface area contributed by atoms with Gasteiger partial charge in [0.05, 0.1) is 10.8 Å². The SMILES string of the molecule is CC[C@@]12CC[C@@H](c3ccc(C)cc3O)[C@H](c3ccc(Cl)cc3)[C@@H]1[C@@H](C)NC2=O.CC[C@@]12CC[C@@H](c3ccc(O)cc3O)[C@H](c3ccc(Cl)cc3)[C@@H]1[C@@H](C)NC2=O. The molecule has 0 radical (unpaired) electrons. The number of benzene rings is 4. The molecule has 2 amide bonds. The Labute approximate surface area is 340 Å². The predicted molar refractivity (Wildman–Crippen MR) is 223 cm³/mol. The van der Waals surface area contributed by atoms with Crippen LogP contribution in [0.4, 0.5) is 0 Å². The molecular weight excluding hydrogens is 743 g/mol. The van der Waals surface area contributed by atoms with Gasteiger partial charge in [-0.05, 0) is 147 Å². The summed E-state index contributed by atoms with van der Waals surface area (Å²) in [6, 6.07) is 26.9. The molecule has 9 heteroatoms. The number of hydrogen-bond acceptors (Lipinski definition) is 5. The van der Waals surface area contributed by atoms with Gasteiger partial charge in [0, 0.05) is 40.0 Å². The summed E-state index contributed by atoms with van der Waals surface area (Å²) in [5.41, 5.74) is 4.48. The van der Waals surface area contributed by atoms with Gasteiger partial charge in [-0.3, -0.25) is 9.59 Å². The zero-order valence-electron chi connectivity index (χ0n) is 32.9. The Morgan fingerprint density at radius 2 is 1.04 bits per heavy atom. The Hall–Kier alpha value is -4.20. The second-order valence-corrected chi connectivity index (χ2v) is 17.7. The summed E-state index contributed by atoms with van der Waals surface area (Å²) in [6.45, 7) is 10.4. The smallest absolute Gasteiger partial charge is 0.226 e. The van der Waals surface area contributed by atoms with Gasteiger partial charge in [0.1, 0.15) is 17.2 Å². The zero-order chi connectivity index (χ0) is 40.1. The quantitative estimate of drug-likeness (QED) is 0.133. The fraction of sp³-hybridized carbons (Fsp3) is 0.447. The van der Waals surface area contributed by atoms with E-state index in [9.17, 15) is 24.9 Å². The molecule has 10 atom stereocenters. The van der Waals surface area contributed by atoms with Crippen LogP contribution in [0, 0.1) is 29.6 Å². The molecule has 296 valence electrons. The van der Waals surface area contributed by atoms with E-state index in [0.717, 1.165) is 60.8 Å². The highest BCUT2D eigenvalue weighted by Gasteiger charge is 2.60.